The van der Waals surface area contributed by atoms with Crippen molar-refractivity contribution in [2.45, 2.75) is 6.42 Å². The van der Waals surface area contributed by atoms with Crippen molar-refractivity contribution in [3.63, 3.8) is 0 Å². The van der Waals surface area contributed by atoms with Gasteiger partial charge in [0.1, 0.15) is 5.75 Å². The van der Waals surface area contributed by atoms with Gasteiger partial charge >= 0.3 is 0 Å². The molecule has 0 heterocycles. The Hall–Kier alpha value is -1.61. The van der Waals surface area contributed by atoms with Crippen LogP contribution < -0.4 is 4.18 Å². The Labute approximate surface area is 98.2 Å². The maximum absolute atomic E-state index is 10.3. The average molecular weight is 232 g/mol. The molecule has 0 saturated carbocycles. The highest BCUT2D eigenvalue weighted by Crippen LogP contribution is 2.22. The van der Waals surface area contributed by atoms with Gasteiger partial charge in [-0.2, -0.15) is 0 Å². The number of fused-ring (bicyclic) bond motifs is 1. The molecule has 0 aromatic heterocycles. The second-order valence-electron chi connectivity index (χ2n) is 3.50. The zero-order valence-corrected chi connectivity index (χ0v) is 9.61. The zero-order valence-electron chi connectivity index (χ0n) is 8.72. The number of thiol groups is 1. The summed E-state index contributed by atoms with van der Waals surface area (Å²) < 4.78 is 15.3. The molecule has 0 unspecified atom stereocenters. The van der Waals surface area contributed by atoms with Crippen molar-refractivity contribution >= 4 is 22.7 Å². The first-order valence-corrected chi connectivity index (χ1v) is 5.70. The fraction of sp³-hybridized carbons (Fsp3) is 0.0769. The van der Waals surface area contributed by atoms with E-state index in [-0.39, 0.29) is 11.9 Å². The Morgan fingerprint density at radius 3 is 2.75 bits per heavy atom. The predicted octanol–water partition coefficient (Wildman–Crippen LogP) is 2.81. The molecule has 0 aliphatic carbocycles. The van der Waals surface area contributed by atoms with Gasteiger partial charge in [0.05, 0.1) is 0 Å². The van der Waals surface area contributed by atoms with E-state index in [9.17, 15) is 4.21 Å². The minimum absolute atomic E-state index is 0.325. The van der Waals surface area contributed by atoms with Crippen LogP contribution in [0.5, 0.6) is 5.75 Å². The van der Waals surface area contributed by atoms with Gasteiger partial charge in [0.25, 0.3) is 0 Å². The Balaban J connectivity index is 2.47. The Bertz CT molecular complexity index is 490. The second-order valence-corrected chi connectivity index (χ2v) is 3.83. The van der Waals surface area contributed by atoms with Crippen LogP contribution >= 0.6 is 0 Å². The molecule has 82 valence electrons. The predicted molar refractivity (Wildman–Crippen MR) is 68.0 cm³/mol. The van der Waals surface area contributed by atoms with Gasteiger partial charge in [-0.25, -0.2) is 4.21 Å². The van der Waals surface area contributed by atoms with Crippen LogP contribution in [0.25, 0.3) is 10.8 Å². The van der Waals surface area contributed by atoms with Gasteiger partial charge in [0.2, 0.25) is 0 Å². The molecule has 3 heteroatoms. The number of hydrogen-bond acceptors (Lipinski definition) is 2. The summed E-state index contributed by atoms with van der Waals surface area (Å²) in [6.07, 6.45) is 2.72. The van der Waals surface area contributed by atoms with Crippen LogP contribution in [0.4, 0.5) is 0 Å². The van der Waals surface area contributed by atoms with Crippen LogP contribution in [0.15, 0.2) is 49.1 Å². The summed E-state index contributed by atoms with van der Waals surface area (Å²) in [7, 11) is 0. The van der Waals surface area contributed by atoms with E-state index in [1.54, 1.807) is 6.07 Å². The van der Waals surface area contributed by atoms with Crippen molar-refractivity contribution in [2.75, 3.05) is 0 Å². The molecular formula is C13H12O2S. The van der Waals surface area contributed by atoms with Crippen LogP contribution in [-0.2, 0) is 18.4 Å². The average Bonchev–Trinajstić information content (AvgIpc) is 2.29. The highest BCUT2D eigenvalue weighted by molar-refractivity contribution is 7.60. The molecule has 0 aliphatic rings. The second kappa shape index (κ2) is 4.94. The topological polar surface area (TPSA) is 26.3 Å². The van der Waals surface area contributed by atoms with Gasteiger partial charge in [-0.15, -0.1) is 6.58 Å². The molecular weight excluding hydrogens is 220 g/mol. The maximum atomic E-state index is 10.3. The third-order valence-electron chi connectivity index (χ3n) is 2.40. The van der Waals surface area contributed by atoms with E-state index in [0.29, 0.717) is 5.75 Å². The minimum atomic E-state index is -0.325. The van der Waals surface area contributed by atoms with Crippen LogP contribution in [0.2, 0.25) is 0 Å². The van der Waals surface area contributed by atoms with Crippen LogP contribution in [0.1, 0.15) is 5.56 Å². The fourth-order valence-electron chi connectivity index (χ4n) is 1.67. The fourth-order valence-corrected chi connectivity index (χ4v) is 1.87. The number of benzene rings is 2. The molecule has 0 radical (unpaired) electrons. The van der Waals surface area contributed by atoms with Crippen molar-refractivity contribution in [3.05, 3.63) is 54.6 Å². The summed E-state index contributed by atoms with van der Waals surface area (Å²) in [4.78, 5) is 0. The summed E-state index contributed by atoms with van der Waals surface area (Å²) >= 11 is -0.325. The largest absolute Gasteiger partial charge is 0.403 e. The molecule has 2 aromatic carbocycles. The lowest BCUT2D eigenvalue weighted by atomic mass is 10.0. The first kappa shape index (κ1) is 10.9. The van der Waals surface area contributed by atoms with Crippen molar-refractivity contribution in [2.24, 2.45) is 0 Å². The monoisotopic (exact) mass is 232 g/mol. The summed E-state index contributed by atoms with van der Waals surface area (Å²) in [6.45, 7) is 3.72. The molecule has 0 saturated heterocycles. The van der Waals surface area contributed by atoms with E-state index in [4.69, 9.17) is 4.18 Å². The lowest BCUT2D eigenvalue weighted by Crippen LogP contribution is -1.85. The normalized spacial score (nSPS) is 10.2. The zero-order chi connectivity index (χ0) is 11.4. The molecule has 2 nitrogen and oxygen atoms in total. The molecule has 0 N–H and O–H groups in total. The lowest BCUT2D eigenvalue weighted by molar-refractivity contribution is 0.582. The van der Waals surface area contributed by atoms with Gasteiger partial charge in [0.15, 0.2) is 11.9 Å². The third-order valence-corrected chi connectivity index (χ3v) is 2.68. The van der Waals surface area contributed by atoms with E-state index in [1.165, 1.54) is 5.56 Å². The number of rotatable bonds is 4. The molecule has 0 amide bonds. The summed E-state index contributed by atoms with van der Waals surface area (Å²) in [5, 5.41) is 2.23. The molecule has 0 aliphatic heterocycles. The summed E-state index contributed by atoms with van der Waals surface area (Å²) in [5.74, 6) is 0.611. The number of hydrogen-bond donors (Lipinski definition) is 1. The summed E-state index contributed by atoms with van der Waals surface area (Å²) in [5.41, 5.74) is 1.21. The lowest BCUT2D eigenvalue weighted by Gasteiger charge is -2.03. The first-order valence-electron chi connectivity index (χ1n) is 4.97. The van der Waals surface area contributed by atoms with E-state index in [0.717, 1.165) is 17.2 Å². The quantitative estimate of drug-likeness (QED) is 0.648. The smallest absolute Gasteiger partial charge is 0.193 e. The molecule has 0 bridgehead atoms. The van der Waals surface area contributed by atoms with E-state index < -0.39 is 0 Å². The van der Waals surface area contributed by atoms with Crippen molar-refractivity contribution < 1.29 is 8.39 Å². The van der Waals surface area contributed by atoms with E-state index in [1.807, 2.05) is 18.2 Å². The van der Waals surface area contributed by atoms with Gasteiger partial charge < -0.3 is 4.18 Å². The van der Waals surface area contributed by atoms with Crippen molar-refractivity contribution in [1.82, 2.24) is 0 Å². The molecule has 0 fully saturated rings. The molecule has 2 aromatic rings. The van der Waals surface area contributed by atoms with Crippen molar-refractivity contribution in [3.8, 4) is 5.75 Å². The minimum Gasteiger partial charge on any atom is -0.403 e. The van der Waals surface area contributed by atoms with Gasteiger partial charge in [0, 0.05) is 0 Å². The molecule has 16 heavy (non-hydrogen) atoms. The van der Waals surface area contributed by atoms with Gasteiger partial charge in [-0.1, -0.05) is 30.3 Å². The molecule has 0 atom stereocenters. The molecule has 0 spiro atoms. The first-order chi connectivity index (χ1) is 7.83. The van der Waals surface area contributed by atoms with E-state index >= 15 is 0 Å². The van der Waals surface area contributed by atoms with Crippen LogP contribution in [0.3, 0.4) is 0 Å². The SMILES string of the molecule is C=CCc1ccc2ccc(O[SH]=O)cc2c1. The maximum Gasteiger partial charge on any atom is 0.193 e. The Kier molecular flexibility index (Phi) is 3.37. The highest BCUT2D eigenvalue weighted by Gasteiger charge is 1.98. The van der Waals surface area contributed by atoms with Gasteiger partial charge in [-0.05, 0) is 34.9 Å². The standard InChI is InChI=1S/C13H12O2S/c1-2-3-10-4-5-11-6-7-13(15-16-14)9-12(11)8-10/h2,4-9,16H,1,3H2. The van der Waals surface area contributed by atoms with Crippen LogP contribution in [0, 0.1) is 0 Å². The summed E-state index contributed by atoms with van der Waals surface area (Å²) in [6, 6.07) is 11.9. The third kappa shape index (κ3) is 2.31. The number of allylic oxidation sites excluding steroid dienone is 1. The molecule has 2 rings (SSSR count). The Morgan fingerprint density at radius 1 is 1.19 bits per heavy atom. The van der Waals surface area contributed by atoms with Crippen LogP contribution in [-0.4, -0.2) is 4.21 Å². The van der Waals surface area contributed by atoms with E-state index in [2.05, 4.69) is 24.8 Å². The van der Waals surface area contributed by atoms with Gasteiger partial charge in [-0.3, -0.25) is 0 Å². The van der Waals surface area contributed by atoms with Crippen molar-refractivity contribution in [1.29, 1.82) is 0 Å². The highest BCUT2D eigenvalue weighted by atomic mass is 32.2. The Morgan fingerprint density at radius 2 is 2.00 bits per heavy atom.